The first kappa shape index (κ1) is 17.2. The van der Waals surface area contributed by atoms with E-state index in [2.05, 4.69) is 15.0 Å². The Hall–Kier alpha value is -3.68. The van der Waals surface area contributed by atoms with Gasteiger partial charge in [-0.15, -0.1) is 0 Å². The van der Waals surface area contributed by atoms with Crippen molar-refractivity contribution >= 4 is 34.8 Å². The minimum Gasteiger partial charge on any atom is -0.462 e. The average molecular weight is 350 g/mol. The van der Waals surface area contributed by atoms with Crippen molar-refractivity contribution in [1.29, 1.82) is 0 Å². The highest BCUT2D eigenvalue weighted by molar-refractivity contribution is 5.94. The lowest BCUT2D eigenvalue weighted by atomic mass is 10.1. The fourth-order valence-electron chi connectivity index (χ4n) is 2.29. The van der Waals surface area contributed by atoms with Crippen LogP contribution in [-0.2, 0) is 4.74 Å². The zero-order chi connectivity index (χ0) is 18.5. The van der Waals surface area contributed by atoms with Crippen LogP contribution in [0.2, 0.25) is 0 Å². The number of rotatable bonds is 5. The number of esters is 1. The molecule has 0 aliphatic heterocycles. The molecule has 0 fully saturated rings. The highest BCUT2D eigenvalue weighted by atomic mass is 16.6. The van der Waals surface area contributed by atoms with E-state index in [4.69, 9.17) is 4.74 Å². The summed E-state index contributed by atoms with van der Waals surface area (Å²) in [4.78, 5) is 35.1. The number of para-hydroxylation sites is 2. The Morgan fingerprint density at radius 3 is 2.69 bits per heavy atom. The third-order valence-electron chi connectivity index (χ3n) is 3.49. The normalized spacial score (nSPS) is 11.0. The number of nitro groups is 1. The van der Waals surface area contributed by atoms with Crippen LogP contribution in [0.15, 0.2) is 42.7 Å². The topological polar surface area (TPSA) is 108 Å². The van der Waals surface area contributed by atoms with Crippen molar-refractivity contribution in [3.05, 3.63) is 69.8 Å². The highest BCUT2D eigenvalue weighted by Crippen LogP contribution is 2.19. The van der Waals surface area contributed by atoms with E-state index in [1.807, 2.05) is 24.3 Å². The monoisotopic (exact) mass is 350 g/mol. The van der Waals surface area contributed by atoms with Gasteiger partial charge in [0.2, 0.25) is 0 Å². The Morgan fingerprint density at radius 2 is 1.96 bits per heavy atom. The summed E-state index contributed by atoms with van der Waals surface area (Å²) in [5, 5.41) is 10.9. The van der Waals surface area contributed by atoms with Crippen molar-refractivity contribution in [2.75, 3.05) is 6.61 Å². The van der Waals surface area contributed by atoms with E-state index in [1.165, 1.54) is 0 Å². The second-order valence-electron chi connectivity index (χ2n) is 5.22. The van der Waals surface area contributed by atoms with E-state index < -0.39 is 10.9 Å². The van der Waals surface area contributed by atoms with E-state index in [1.54, 1.807) is 25.3 Å². The molecule has 0 aliphatic rings. The maximum absolute atomic E-state index is 12.1. The summed E-state index contributed by atoms with van der Waals surface area (Å²) >= 11 is 0. The molecule has 3 rings (SSSR count). The van der Waals surface area contributed by atoms with Crippen LogP contribution in [0.25, 0.3) is 23.2 Å². The first-order chi connectivity index (χ1) is 12.6. The molecule has 0 radical (unpaired) electrons. The Bertz CT molecular complexity index is 1020. The van der Waals surface area contributed by atoms with Crippen LogP contribution in [-0.4, -0.2) is 32.5 Å². The van der Waals surface area contributed by atoms with Crippen molar-refractivity contribution in [2.24, 2.45) is 0 Å². The summed E-state index contributed by atoms with van der Waals surface area (Å²) in [7, 11) is 0. The fourth-order valence-corrected chi connectivity index (χ4v) is 2.29. The molecular weight excluding hydrogens is 336 g/mol. The molecule has 2 heterocycles. The molecule has 3 aromatic rings. The molecule has 0 saturated heterocycles. The zero-order valence-electron chi connectivity index (χ0n) is 13.8. The van der Waals surface area contributed by atoms with E-state index >= 15 is 0 Å². The van der Waals surface area contributed by atoms with Crippen molar-refractivity contribution in [3.8, 4) is 0 Å². The maximum atomic E-state index is 12.1. The van der Waals surface area contributed by atoms with Gasteiger partial charge in [-0.3, -0.25) is 15.1 Å². The molecule has 0 N–H and O–H groups in total. The third kappa shape index (κ3) is 3.69. The van der Waals surface area contributed by atoms with Gasteiger partial charge >= 0.3 is 5.97 Å². The lowest BCUT2D eigenvalue weighted by Gasteiger charge is -2.05. The number of carbonyl (C=O) groups excluding carboxylic acids is 1. The van der Waals surface area contributed by atoms with Gasteiger partial charge in [0.05, 0.1) is 45.7 Å². The smallest absolute Gasteiger partial charge is 0.340 e. The van der Waals surface area contributed by atoms with Gasteiger partial charge in [0.1, 0.15) is 6.20 Å². The molecule has 0 unspecified atom stereocenters. The van der Waals surface area contributed by atoms with Gasteiger partial charge in [-0.2, -0.15) is 0 Å². The van der Waals surface area contributed by atoms with E-state index in [9.17, 15) is 14.9 Å². The number of hydrogen-bond acceptors (Lipinski definition) is 7. The second kappa shape index (κ2) is 7.47. The quantitative estimate of drug-likeness (QED) is 0.394. The number of hydrogen-bond donors (Lipinski definition) is 0. The minimum atomic E-state index is -0.673. The third-order valence-corrected chi connectivity index (χ3v) is 3.49. The first-order valence-electron chi connectivity index (χ1n) is 7.80. The van der Waals surface area contributed by atoms with Crippen LogP contribution < -0.4 is 0 Å². The number of fused-ring (bicyclic) bond motifs is 1. The average Bonchev–Trinajstić information content (AvgIpc) is 2.66. The number of aromatic nitrogens is 3. The molecule has 0 bridgehead atoms. The first-order valence-corrected chi connectivity index (χ1v) is 7.80. The van der Waals surface area contributed by atoms with Gasteiger partial charge in [0, 0.05) is 6.07 Å². The number of nitrogens with zero attached hydrogens (tertiary/aromatic N) is 4. The number of pyridine rings is 1. The van der Waals surface area contributed by atoms with Crippen LogP contribution in [0.4, 0.5) is 5.69 Å². The molecule has 0 amide bonds. The lowest BCUT2D eigenvalue weighted by molar-refractivity contribution is -0.385. The predicted octanol–water partition coefficient (Wildman–Crippen LogP) is 3.28. The molecular formula is C18H14N4O4. The van der Waals surface area contributed by atoms with Crippen molar-refractivity contribution in [2.45, 2.75) is 6.92 Å². The summed E-state index contributed by atoms with van der Waals surface area (Å²) < 4.78 is 4.95. The number of benzene rings is 1. The summed E-state index contributed by atoms with van der Waals surface area (Å²) in [6, 6.07) is 8.58. The fraction of sp³-hybridized carbons (Fsp3) is 0.111. The van der Waals surface area contributed by atoms with Gasteiger partial charge in [-0.25, -0.2) is 14.8 Å². The SMILES string of the molecule is CCOC(=O)c1cc([N+](=O)[O-])cnc1/C=C/c1cnc2ccccc2n1. The largest absolute Gasteiger partial charge is 0.462 e. The molecule has 8 nitrogen and oxygen atoms in total. The summed E-state index contributed by atoms with van der Waals surface area (Å²) in [6.45, 7) is 1.81. The molecule has 26 heavy (non-hydrogen) atoms. The molecule has 1 aromatic carbocycles. The standard InChI is InChI=1S/C18H14N4O4/c1-2-26-18(23)14-9-13(22(24)25)11-20-15(14)8-7-12-10-19-16-5-3-4-6-17(16)21-12/h3-11H,2H2,1H3/b8-7+. The van der Waals surface area contributed by atoms with Gasteiger partial charge < -0.3 is 4.74 Å². The highest BCUT2D eigenvalue weighted by Gasteiger charge is 2.17. The Balaban J connectivity index is 1.97. The van der Waals surface area contributed by atoms with Crippen LogP contribution >= 0.6 is 0 Å². The van der Waals surface area contributed by atoms with Gasteiger partial charge in [0.25, 0.3) is 5.69 Å². The summed E-state index contributed by atoms with van der Waals surface area (Å²) in [5.41, 5.74) is 2.06. The van der Waals surface area contributed by atoms with Gasteiger partial charge in [-0.05, 0) is 31.2 Å². The maximum Gasteiger partial charge on any atom is 0.340 e. The number of carbonyl (C=O) groups is 1. The van der Waals surface area contributed by atoms with E-state index in [-0.39, 0.29) is 23.6 Å². The number of ether oxygens (including phenoxy) is 1. The minimum absolute atomic E-state index is 0.0195. The molecule has 8 heteroatoms. The molecule has 0 atom stereocenters. The Morgan fingerprint density at radius 1 is 1.19 bits per heavy atom. The zero-order valence-corrected chi connectivity index (χ0v) is 13.8. The van der Waals surface area contributed by atoms with Crippen LogP contribution in [0.3, 0.4) is 0 Å². The summed E-state index contributed by atoms with van der Waals surface area (Å²) in [6.07, 6.45) is 5.87. The van der Waals surface area contributed by atoms with Gasteiger partial charge in [-0.1, -0.05) is 12.1 Å². The molecule has 0 saturated carbocycles. The van der Waals surface area contributed by atoms with E-state index in [0.29, 0.717) is 5.69 Å². The predicted molar refractivity (Wildman–Crippen MR) is 95.3 cm³/mol. The van der Waals surface area contributed by atoms with Crippen LogP contribution in [0.1, 0.15) is 28.7 Å². The molecule has 2 aromatic heterocycles. The Kier molecular flexibility index (Phi) is 4.93. The Labute approximate surface area is 148 Å². The van der Waals surface area contributed by atoms with Gasteiger partial charge in [0.15, 0.2) is 0 Å². The molecule has 0 aliphatic carbocycles. The van der Waals surface area contributed by atoms with Crippen molar-refractivity contribution in [1.82, 2.24) is 15.0 Å². The summed E-state index contributed by atoms with van der Waals surface area (Å²) in [5.74, 6) is -0.673. The second-order valence-corrected chi connectivity index (χ2v) is 5.22. The molecule has 0 spiro atoms. The van der Waals surface area contributed by atoms with Crippen LogP contribution in [0, 0.1) is 10.1 Å². The van der Waals surface area contributed by atoms with E-state index in [0.717, 1.165) is 23.3 Å². The van der Waals surface area contributed by atoms with Crippen molar-refractivity contribution in [3.63, 3.8) is 0 Å². The lowest BCUT2D eigenvalue weighted by Crippen LogP contribution is -2.08. The molecule has 130 valence electrons. The van der Waals surface area contributed by atoms with Crippen molar-refractivity contribution < 1.29 is 14.5 Å². The van der Waals surface area contributed by atoms with Crippen LogP contribution in [0.5, 0.6) is 0 Å².